The van der Waals surface area contributed by atoms with Crippen LogP contribution in [0.25, 0.3) is 0 Å². The number of nitrogens with one attached hydrogen (secondary N) is 1. The van der Waals surface area contributed by atoms with E-state index in [1.807, 2.05) is 0 Å². The van der Waals surface area contributed by atoms with Crippen LogP contribution in [0.5, 0.6) is 0 Å². The first-order valence-corrected chi connectivity index (χ1v) is 2.80. The van der Waals surface area contributed by atoms with E-state index in [-0.39, 0.29) is 6.23 Å². The molecule has 0 bridgehead atoms. The summed E-state index contributed by atoms with van der Waals surface area (Å²) in [6, 6.07) is 0. The summed E-state index contributed by atoms with van der Waals surface area (Å²) in [5.41, 5.74) is 0. The fourth-order valence-electron chi connectivity index (χ4n) is 0. The zero-order valence-electron chi connectivity index (χ0n) is 3.02. The molecule has 1 atom stereocenters. The topological polar surface area (TPSA) is 32.3 Å². The number of hydrogen-bond acceptors (Lipinski definition) is 2. The molecule has 0 aromatic rings. The van der Waals surface area contributed by atoms with Crippen LogP contribution in [0.4, 0.5) is 0 Å². The molecule has 29 valence electrons. The van der Waals surface area contributed by atoms with Crippen LogP contribution < -0.4 is 3.54 Å². The summed E-state index contributed by atoms with van der Waals surface area (Å²) in [4.78, 5) is 0. The molecule has 5 heavy (non-hydrogen) atoms. The van der Waals surface area contributed by atoms with Crippen LogP contribution in [0.3, 0.4) is 0 Å². The van der Waals surface area contributed by atoms with E-state index in [4.69, 9.17) is 5.11 Å². The Labute approximate surface area is 45.0 Å². The van der Waals surface area contributed by atoms with Crippen LogP contribution in [-0.2, 0) is 0 Å². The normalized spacial score (nSPS) is 15.0. The number of hydrogen-bond donors (Lipinski definition) is 2. The van der Waals surface area contributed by atoms with Gasteiger partial charge in [-0.15, -0.1) is 0 Å². The molecule has 0 saturated heterocycles. The van der Waals surface area contributed by atoms with Crippen molar-refractivity contribution in [2.75, 3.05) is 0 Å². The fraction of sp³-hybridized carbons (Fsp3) is 1.00. The third-order valence-corrected chi connectivity index (χ3v) is 1.40. The van der Waals surface area contributed by atoms with E-state index in [1.54, 1.807) is 6.92 Å². The molecule has 3 radical (unpaired) electrons. The summed E-state index contributed by atoms with van der Waals surface area (Å²) in [7, 11) is 0. The quantitative estimate of drug-likeness (QED) is 0.399. The van der Waals surface area contributed by atoms with Crippen molar-refractivity contribution in [2.45, 2.75) is 13.2 Å². The summed E-state index contributed by atoms with van der Waals surface area (Å²) in [5, 5.41) is 8.27. The maximum atomic E-state index is 8.27. The number of aliphatic hydroxyl groups is 1. The Morgan fingerprint density at radius 2 is 2.20 bits per heavy atom. The second kappa shape index (κ2) is 2.93. The molecule has 0 spiro atoms. The van der Waals surface area contributed by atoms with Gasteiger partial charge in [0.1, 0.15) is 0 Å². The molecular formula is C2H6NOSn. The van der Waals surface area contributed by atoms with E-state index in [1.165, 1.54) is 0 Å². The van der Waals surface area contributed by atoms with Gasteiger partial charge in [-0.05, 0) is 0 Å². The van der Waals surface area contributed by atoms with Crippen LogP contribution in [-0.4, -0.2) is 34.1 Å². The van der Waals surface area contributed by atoms with Gasteiger partial charge in [-0.25, -0.2) is 0 Å². The molecular weight excluding hydrogens is 173 g/mol. The maximum absolute atomic E-state index is 8.27. The molecule has 0 heterocycles. The fourth-order valence-corrected chi connectivity index (χ4v) is 0. The molecule has 2 N–H and O–H groups in total. The van der Waals surface area contributed by atoms with E-state index in [9.17, 15) is 0 Å². The standard InChI is InChI=1S/C2H6NO.Sn/c1-2(3)4;/h2-4H,1H3;/q-1;+1. The molecule has 0 aliphatic rings. The van der Waals surface area contributed by atoms with E-state index in [0.717, 1.165) is 22.8 Å². The van der Waals surface area contributed by atoms with Gasteiger partial charge in [0.2, 0.25) is 0 Å². The van der Waals surface area contributed by atoms with Crippen molar-refractivity contribution >= 4 is 22.8 Å². The molecule has 1 unspecified atom stereocenters. The Morgan fingerprint density at radius 1 is 2.00 bits per heavy atom. The molecule has 0 aliphatic heterocycles. The Hall–Kier alpha value is 0.719. The van der Waals surface area contributed by atoms with Crippen LogP contribution in [0.1, 0.15) is 6.92 Å². The molecule has 0 rings (SSSR count). The average Bonchev–Trinajstić information content (AvgIpc) is 1.38. The summed E-state index contributed by atoms with van der Waals surface area (Å²) >= 11 is 1.16. The first-order valence-electron chi connectivity index (χ1n) is 1.37. The summed E-state index contributed by atoms with van der Waals surface area (Å²) in [6.45, 7) is 1.69. The van der Waals surface area contributed by atoms with Crippen LogP contribution >= 0.6 is 0 Å². The monoisotopic (exact) mass is 180 g/mol. The molecule has 0 aliphatic carbocycles. The van der Waals surface area contributed by atoms with Gasteiger partial charge in [-0.3, -0.25) is 0 Å². The van der Waals surface area contributed by atoms with Gasteiger partial charge in [0, 0.05) is 0 Å². The minimum atomic E-state index is -0.326. The first kappa shape index (κ1) is 5.72. The summed E-state index contributed by atoms with van der Waals surface area (Å²) < 4.78 is 2.67. The van der Waals surface area contributed by atoms with Crippen LogP contribution in [0, 0.1) is 0 Å². The van der Waals surface area contributed by atoms with Crippen molar-refractivity contribution in [1.82, 2.24) is 3.54 Å². The Bertz CT molecular complexity index is 23.6. The van der Waals surface area contributed by atoms with Gasteiger partial charge in [0.25, 0.3) is 0 Å². The molecule has 0 fully saturated rings. The predicted molar refractivity (Wildman–Crippen MR) is 20.6 cm³/mol. The van der Waals surface area contributed by atoms with Crippen molar-refractivity contribution in [1.29, 1.82) is 0 Å². The molecule has 0 aromatic carbocycles. The van der Waals surface area contributed by atoms with E-state index >= 15 is 0 Å². The van der Waals surface area contributed by atoms with Gasteiger partial charge in [0.05, 0.1) is 0 Å². The third kappa shape index (κ3) is 4.72. The Kier molecular flexibility index (Phi) is 3.35. The molecule has 2 nitrogen and oxygen atoms in total. The summed E-state index contributed by atoms with van der Waals surface area (Å²) in [5.74, 6) is 0. The van der Waals surface area contributed by atoms with E-state index in [2.05, 4.69) is 3.54 Å². The molecule has 0 aromatic heterocycles. The van der Waals surface area contributed by atoms with Gasteiger partial charge in [-0.1, -0.05) is 0 Å². The van der Waals surface area contributed by atoms with Crippen molar-refractivity contribution in [2.24, 2.45) is 0 Å². The second-order valence-electron chi connectivity index (χ2n) is 0.820. The number of rotatable bonds is 1. The second-order valence-corrected chi connectivity index (χ2v) is 1.64. The third-order valence-electron chi connectivity index (χ3n) is 0.209. The van der Waals surface area contributed by atoms with E-state index in [0.29, 0.717) is 0 Å². The average molecular weight is 179 g/mol. The Balaban J connectivity index is 2.54. The van der Waals surface area contributed by atoms with Crippen molar-refractivity contribution < 1.29 is 5.11 Å². The summed E-state index contributed by atoms with van der Waals surface area (Å²) in [6.07, 6.45) is -0.326. The SMILES string of the molecule is CC(O)[NH][Sn]. The first-order chi connectivity index (χ1) is 2.27. The predicted octanol–water partition coefficient (Wildman–Crippen LogP) is -1.00. The van der Waals surface area contributed by atoms with Crippen LogP contribution in [0.15, 0.2) is 0 Å². The van der Waals surface area contributed by atoms with Crippen LogP contribution in [0.2, 0.25) is 0 Å². The molecule has 3 heteroatoms. The zero-order valence-corrected chi connectivity index (χ0v) is 5.88. The molecule has 0 saturated carbocycles. The van der Waals surface area contributed by atoms with Crippen molar-refractivity contribution in [3.8, 4) is 0 Å². The molecule has 0 amide bonds. The van der Waals surface area contributed by atoms with Gasteiger partial charge < -0.3 is 0 Å². The van der Waals surface area contributed by atoms with Crippen molar-refractivity contribution in [3.63, 3.8) is 0 Å². The zero-order chi connectivity index (χ0) is 4.28. The van der Waals surface area contributed by atoms with Gasteiger partial charge in [-0.2, -0.15) is 0 Å². The van der Waals surface area contributed by atoms with E-state index < -0.39 is 0 Å². The Morgan fingerprint density at radius 3 is 2.20 bits per heavy atom. The minimum absolute atomic E-state index is 0.326. The van der Waals surface area contributed by atoms with Crippen molar-refractivity contribution in [3.05, 3.63) is 0 Å². The van der Waals surface area contributed by atoms with Gasteiger partial charge >= 0.3 is 44.6 Å². The van der Waals surface area contributed by atoms with Gasteiger partial charge in [0.15, 0.2) is 0 Å². The number of aliphatic hydroxyl groups excluding tert-OH is 1.